The summed E-state index contributed by atoms with van der Waals surface area (Å²) in [6.07, 6.45) is 2.35. The van der Waals surface area contributed by atoms with Gasteiger partial charge in [0.2, 0.25) is 0 Å². The zero-order valence-electron chi connectivity index (χ0n) is 15.2. The van der Waals surface area contributed by atoms with Gasteiger partial charge in [0.1, 0.15) is 0 Å². The smallest absolute Gasteiger partial charge is 0.191 e. The molecule has 5 nitrogen and oxygen atoms in total. The number of unbranched alkanes of at least 4 members (excludes halogenated alkanes) is 1. The van der Waals surface area contributed by atoms with E-state index < -0.39 is 0 Å². The Balaban J connectivity index is 1.97. The van der Waals surface area contributed by atoms with Crippen LogP contribution in [0.5, 0.6) is 0 Å². The zero-order chi connectivity index (χ0) is 17.0. The molecule has 1 aliphatic heterocycles. The Morgan fingerprint density at radius 3 is 2.58 bits per heavy atom. The number of hydrogen-bond donors (Lipinski definition) is 2. The van der Waals surface area contributed by atoms with Crippen molar-refractivity contribution in [3.63, 3.8) is 0 Å². The second kappa shape index (κ2) is 11.0. The van der Waals surface area contributed by atoms with Crippen LogP contribution in [-0.4, -0.2) is 50.3 Å². The van der Waals surface area contributed by atoms with Crippen LogP contribution in [0.25, 0.3) is 0 Å². The summed E-state index contributed by atoms with van der Waals surface area (Å²) in [5.74, 6) is 0.909. The molecule has 0 aliphatic carbocycles. The molecule has 0 unspecified atom stereocenters. The van der Waals surface area contributed by atoms with Crippen molar-refractivity contribution in [3.8, 4) is 0 Å². The maximum atomic E-state index is 5.44. The van der Waals surface area contributed by atoms with Crippen LogP contribution in [0.2, 0.25) is 0 Å². The van der Waals surface area contributed by atoms with Crippen molar-refractivity contribution >= 4 is 5.96 Å². The number of aliphatic imine (C=N–C) groups is 1. The summed E-state index contributed by atoms with van der Waals surface area (Å²) in [5, 5.41) is 6.73. The minimum atomic E-state index is 0.710. The summed E-state index contributed by atoms with van der Waals surface area (Å²) in [6.45, 7) is 11.6. The molecule has 0 amide bonds. The number of guanidine groups is 1. The van der Waals surface area contributed by atoms with E-state index in [-0.39, 0.29) is 0 Å². The number of rotatable bonds is 8. The molecule has 5 heteroatoms. The first-order valence-corrected chi connectivity index (χ1v) is 9.22. The van der Waals surface area contributed by atoms with Gasteiger partial charge in [0, 0.05) is 32.7 Å². The second-order valence-electron chi connectivity index (χ2n) is 6.13. The van der Waals surface area contributed by atoms with Gasteiger partial charge < -0.3 is 15.4 Å². The van der Waals surface area contributed by atoms with Gasteiger partial charge in [-0.15, -0.1) is 0 Å². The third kappa shape index (κ3) is 6.49. The molecule has 24 heavy (non-hydrogen) atoms. The van der Waals surface area contributed by atoms with E-state index in [9.17, 15) is 0 Å². The van der Waals surface area contributed by atoms with Crippen molar-refractivity contribution in [2.24, 2.45) is 4.99 Å². The van der Waals surface area contributed by atoms with Crippen LogP contribution in [0.1, 0.15) is 37.8 Å². The number of nitrogens with one attached hydrogen (secondary N) is 2. The molecule has 1 heterocycles. The topological polar surface area (TPSA) is 48.9 Å². The van der Waals surface area contributed by atoms with E-state index >= 15 is 0 Å². The van der Waals surface area contributed by atoms with Crippen molar-refractivity contribution in [2.75, 3.05) is 39.4 Å². The third-order valence-corrected chi connectivity index (χ3v) is 4.19. The first-order chi connectivity index (χ1) is 11.8. The van der Waals surface area contributed by atoms with Crippen LogP contribution in [-0.2, 0) is 17.8 Å². The van der Waals surface area contributed by atoms with E-state index in [2.05, 4.69) is 53.6 Å². The normalized spacial score (nSPS) is 16.2. The summed E-state index contributed by atoms with van der Waals surface area (Å²) < 4.78 is 5.44. The number of hydrogen-bond acceptors (Lipinski definition) is 3. The lowest BCUT2D eigenvalue weighted by atomic mass is 10.1. The molecule has 1 saturated heterocycles. The van der Waals surface area contributed by atoms with Crippen molar-refractivity contribution < 1.29 is 4.74 Å². The molecule has 1 aromatic carbocycles. The van der Waals surface area contributed by atoms with Crippen LogP contribution in [0.4, 0.5) is 0 Å². The first-order valence-electron chi connectivity index (χ1n) is 9.22. The van der Waals surface area contributed by atoms with Crippen LogP contribution >= 0.6 is 0 Å². The second-order valence-corrected chi connectivity index (χ2v) is 6.13. The third-order valence-electron chi connectivity index (χ3n) is 4.19. The van der Waals surface area contributed by atoms with Crippen molar-refractivity contribution in [2.45, 2.75) is 39.8 Å². The average Bonchev–Trinajstić information content (AvgIpc) is 2.62. The molecule has 1 aliphatic rings. The molecule has 0 atom stereocenters. The number of morpholine rings is 1. The molecule has 1 fully saturated rings. The highest BCUT2D eigenvalue weighted by Crippen LogP contribution is 2.14. The SMILES string of the molecule is CCCCNC(=NCc1ccccc1CN1CCOCC1)NCC. The predicted octanol–water partition coefficient (Wildman–Crippen LogP) is 2.37. The van der Waals surface area contributed by atoms with Crippen molar-refractivity contribution in [3.05, 3.63) is 35.4 Å². The van der Waals surface area contributed by atoms with Crippen LogP contribution in [0, 0.1) is 0 Å². The highest BCUT2D eigenvalue weighted by molar-refractivity contribution is 5.79. The number of ether oxygens (including phenoxy) is 1. The quantitative estimate of drug-likeness (QED) is 0.436. The van der Waals surface area contributed by atoms with E-state index in [4.69, 9.17) is 9.73 Å². The fourth-order valence-corrected chi connectivity index (χ4v) is 2.76. The molecule has 134 valence electrons. The summed E-state index contributed by atoms with van der Waals surface area (Å²) in [4.78, 5) is 7.22. The standard InChI is InChI=1S/C19H32N4O/c1-3-5-10-21-19(20-4-2)22-15-17-8-6-7-9-18(17)16-23-11-13-24-14-12-23/h6-9H,3-5,10-16H2,1-2H3,(H2,20,21,22). The minimum absolute atomic E-state index is 0.710. The van der Waals surface area contributed by atoms with Crippen LogP contribution < -0.4 is 10.6 Å². The molecule has 0 bridgehead atoms. The van der Waals surface area contributed by atoms with Gasteiger partial charge in [-0.25, -0.2) is 4.99 Å². The Hall–Kier alpha value is -1.59. The van der Waals surface area contributed by atoms with Crippen LogP contribution in [0.3, 0.4) is 0 Å². The zero-order valence-corrected chi connectivity index (χ0v) is 15.2. The van der Waals surface area contributed by atoms with Crippen LogP contribution in [0.15, 0.2) is 29.3 Å². The first kappa shape index (κ1) is 18.7. The number of nitrogens with zero attached hydrogens (tertiary/aromatic N) is 2. The van der Waals surface area contributed by atoms with Gasteiger partial charge in [0.05, 0.1) is 19.8 Å². The molecular weight excluding hydrogens is 300 g/mol. The molecule has 0 aromatic heterocycles. The lowest BCUT2D eigenvalue weighted by Gasteiger charge is -2.27. The molecule has 2 N–H and O–H groups in total. The fraction of sp³-hybridized carbons (Fsp3) is 0.632. The van der Waals surface area contributed by atoms with Gasteiger partial charge in [0.15, 0.2) is 5.96 Å². The maximum absolute atomic E-state index is 5.44. The van der Waals surface area contributed by atoms with E-state index in [1.54, 1.807) is 0 Å². The largest absolute Gasteiger partial charge is 0.379 e. The van der Waals surface area contributed by atoms with Crippen molar-refractivity contribution in [1.82, 2.24) is 15.5 Å². The molecular formula is C19H32N4O. The summed E-state index contributed by atoms with van der Waals surface area (Å²) in [7, 11) is 0. The Bertz CT molecular complexity index is 498. The average molecular weight is 332 g/mol. The number of benzene rings is 1. The minimum Gasteiger partial charge on any atom is -0.379 e. The van der Waals surface area contributed by atoms with Crippen molar-refractivity contribution in [1.29, 1.82) is 0 Å². The van der Waals surface area contributed by atoms with E-state index in [0.717, 1.165) is 58.3 Å². The predicted molar refractivity (Wildman–Crippen MR) is 100 cm³/mol. The highest BCUT2D eigenvalue weighted by atomic mass is 16.5. The van der Waals surface area contributed by atoms with Gasteiger partial charge in [-0.1, -0.05) is 37.6 Å². The highest BCUT2D eigenvalue weighted by Gasteiger charge is 2.12. The fourth-order valence-electron chi connectivity index (χ4n) is 2.76. The van der Waals surface area contributed by atoms with Gasteiger partial charge in [-0.2, -0.15) is 0 Å². The molecule has 1 aromatic rings. The van der Waals surface area contributed by atoms with Gasteiger partial charge in [-0.05, 0) is 24.5 Å². The van der Waals surface area contributed by atoms with E-state index in [1.807, 2.05) is 0 Å². The summed E-state index contributed by atoms with van der Waals surface area (Å²) in [6, 6.07) is 8.63. The monoisotopic (exact) mass is 332 g/mol. The maximum Gasteiger partial charge on any atom is 0.191 e. The van der Waals surface area contributed by atoms with E-state index in [1.165, 1.54) is 17.5 Å². The van der Waals surface area contributed by atoms with Gasteiger partial charge in [-0.3, -0.25) is 4.90 Å². The summed E-state index contributed by atoms with van der Waals surface area (Å²) >= 11 is 0. The van der Waals surface area contributed by atoms with Gasteiger partial charge >= 0.3 is 0 Å². The Labute approximate surface area is 146 Å². The Morgan fingerprint density at radius 1 is 1.12 bits per heavy atom. The lowest BCUT2D eigenvalue weighted by Crippen LogP contribution is -2.37. The Kier molecular flexibility index (Phi) is 8.63. The van der Waals surface area contributed by atoms with E-state index in [0.29, 0.717) is 6.54 Å². The van der Waals surface area contributed by atoms with Gasteiger partial charge in [0.25, 0.3) is 0 Å². The molecule has 2 rings (SSSR count). The Morgan fingerprint density at radius 2 is 1.88 bits per heavy atom. The molecule has 0 spiro atoms. The lowest BCUT2D eigenvalue weighted by molar-refractivity contribution is 0.0341. The molecule has 0 radical (unpaired) electrons. The molecule has 0 saturated carbocycles. The summed E-state index contributed by atoms with van der Waals surface area (Å²) in [5.41, 5.74) is 2.67.